The van der Waals surface area contributed by atoms with Gasteiger partial charge in [0, 0.05) is 0 Å². The first-order valence-corrected chi connectivity index (χ1v) is 3.53. The van der Waals surface area contributed by atoms with Gasteiger partial charge in [0.15, 0.2) is 0 Å². The molecular weight excluding hydrogens is 98.1 g/mol. The zero-order chi connectivity index (χ0) is 6.04. The fourth-order valence-electron chi connectivity index (χ4n) is 1.38. The molecule has 1 aliphatic rings. The Kier molecular flexibility index (Phi) is 1.57. The van der Waals surface area contributed by atoms with Gasteiger partial charge in [-0.25, -0.2) is 0 Å². The number of hydrogen-bond acceptors (Lipinski definition) is 1. The van der Waals surface area contributed by atoms with E-state index in [1.54, 1.807) is 0 Å². The first-order valence-electron chi connectivity index (χ1n) is 3.53. The van der Waals surface area contributed by atoms with E-state index in [1.165, 1.54) is 25.7 Å². The molecule has 0 heterocycles. The maximum Gasteiger partial charge on any atom is -0.00206 e. The highest BCUT2D eigenvalue weighted by molar-refractivity contribution is 4.86. The summed E-state index contributed by atoms with van der Waals surface area (Å²) < 4.78 is 0. The molecular formula is C7H15N. The summed E-state index contributed by atoms with van der Waals surface area (Å²) in [6, 6.07) is 0. The van der Waals surface area contributed by atoms with Gasteiger partial charge < -0.3 is 5.73 Å². The van der Waals surface area contributed by atoms with Crippen molar-refractivity contribution in [3.8, 4) is 0 Å². The summed E-state index contributed by atoms with van der Waals surface area (Å²) in [6.07, 6.45) is 5.44. The van der Waals surface area contributed by atoms with Crippen LogP contribution in [0.2, 0.25) is 0 Å². The molecule has 0 saturated heterocycles. The minimum absolute atomic E-state index is 0.583. The molecule has 48 valence electrons. The van der Waals surface area contributed by atoms with Crippen molar-refractivity contribution >= 4 is 0 Å². The average Bonchev–Trinajstić information content (AvgIpc) is 1.67. The summed E-state index contributed by atoms with van der Waals surface area (Å²) in [6.45, 7) is 3.15. The van der Waals surface area contributed by atoms with E-state index >= 15 is 0 Å². The van der Waals surface area contributed by atoms with Gasteiger partial charge in [0.25, 0.3) is 0 Å². The third-order valence-electron chi connectivity index (χ3n) is 2.60. The van der Waals surface area contributed by atoms with Crippen molar-refractivity contribution in [1.82, 2.24) is 0 Å². The Bertz CT molecular complexity index is 60.9. The molecule has 2 N–H and O–H groups in total. The van der Waals surface area contributed by atoms with Gasteiger partial charge in [-0.2, -0.15) is 0 Å². The topological polar surface area (TPSA) is 26.0 Å². The van der Waals surface area contributed by atoms with Crippen LogP contribution >= 0.6 is 0 Å². The second kappa shape index (κ2) is 2.06. The van der Waals surface area contributed by atoms with Gasteiger partial charge in [-0.3, -0.25) is 0 Å². The monoisotopic (exact) mass is 113 g/mol. The number of rotatable bonds is 2. The van der Waals surface area contributed by atoms with E-state index < -0.39 is 0 Å². The Balaban J connectivity index is 2.33. The Labute approximate surface area is 51.3 Å². The number of nitrogens with two attached hydrogens (primary N) is 1. The number of hydrogen-bond donors (Lipinski definition) is 1. The Morgan fingerprint density at radius 1 is 1.50 bits per heavy atom. The van der Waals surface area contributed by atoms with Crippen molar-refractivity contribution in [3.63, 3.8) is 0 Å². The fraction of sp³-hybridized carbons (Fsp3) is 1.00. The molecule has 8 heavy (non-hydrogen) atoms. The second-order valence-electron chi connectivity index (χ2n) is 2.91. The van der Waals surface area contributed by atoms with E-state index in [4.69, 9.17) is 5.73 Å². The largest absolute Gasteiger partial charge is 0.330 e. The highest BCUT2D eigenvalue weighted by Crippen LogP contribution is 2.42. The molecule has 0 aliphatic heterocycles. The molecule has 1 heteroatoms. The maximum absolute atomic E-state index is 5.58. The third kappa shape index (κ3) is 0.752. The van der Waals surface area contributed by atoms with Gasteiger partial charge in [0.1, 0.15) is 0 Å². The van der Waals surface area contributed by atoms with E-state index in [-0.39, 0.29) is 0 Å². The van der Waals surface area contributed by atoms with Crippen LogP contribution in [0.25, 0.3) is 0 Å². The van der Waals surface area contributed by atoms with Gasteiger partial charge in [0.05, 0.1) is 0 Å². The van der Waals surface area contributed by atoms with Crippen molar-refractivity contribution in [2.24, 2.45) is 11.1 Å². The standard InChI is InChI=1S/C7H15N/c1-2-7(6-8)4-3-5-7/h2-6,8H2,1H3. The van der Waals surface area contributed by atoms with Crippen LogP contribution in [0.15, 0.2) is 0 Å². The zero-order valence-corrected chi connectivity index (χ0v) is 5.61. The minimum Gasteiger partial charge on any atom is -0.330 e. The molecule has 0 aromatic heterocycles. The lowest BCUT2D eigenvalue weighted by molar-refractivity contribution is 0.138. The van der Waals surface area contributed by atoms with Crippen molar-refractivity contribution in [1.29, 1.82) is 0 Å². The summed E-state index contributed by atoms with van der Waals surface area (Å²) in [4.78, 5) is 0. The third-order valence-corrected chi connectivity index (χ3v) is 2.60. The van der Waals surface area contributed by atoms with E-state index in [1.807, 2.05) is 0 Å². The molecule has 0 unspecified atom stereocenters. The Morgan fingerprint density at radius 2 is 2.12 bits per heavy atom. The van der Waals surface area contributed by atoms with E-state index in [2.05, 4.69) is 6.92 Å². The molecule has 1 saturated carbocycles. The van der Waals surface area contributed by atoms with Gasteiger partial charge in [0.2, 0.25) is 0 Å². The quantitative estimate of drug-likeness (QED) is 0.577. The second-order valence-corrected chi connectivity index (χ2v) is 2.91. The zero-order valence-electron chi connectivity index (χ0n) is 5.61. The van der Waals surface area contributed by atoms with E-state index in [0.717, 1.165) is 6.54 Å². The lowest BCUT2D eigenvalue weighted by Gasteiger charge is -2.40. The van der Waals surface area contributed by atoms with Gasteiger partial charge in [-0.1, -0.05) is 13.3 Å². The summed E-state index contributed by atoms with van der Waals surface area (Å²) in [7, 11) is 0. The van der Waals surface area contributed by atoms with Crippen molar-refractivity contribution in [3.05, 3.63) is 0 Å². The summed E-state index contributed by atoms with van der Waals surface area (Å²) in [5.41, 5.74) is 6.16. The smallest absolute Gasteiger partial charge is 0.00206 e. The van der Waals surface area contributed by atoms with Crippen LogP contribution < -0.4 is 5.73 Å². The molecule has 1 nitrogen and oxygen atoms in total. The normalized spacial score (nSPS) is 24.8. The van der Waals surface area contributed by atoms with Crippen LogP contribution in [0.1, 0.15) is 32.6 Å². The van der Waals surface area contributed by atoms with Gasteiger partial charge in [-0.05, 0) is 31.2 Å². The molecule has 0 aromatic rings. The van der Waals surface area contributed by atoms with Gasteiger partial charge in [-0.15, -0.1) is 0 Å². The van der Waals surface area contributed by atoms with Crippen LogP contribution in [0, 0.1) is 5.41 Å². The SMILES string of the molecule is CCC1(CN)CCC1. The first kappa shape index (κ1) is 6.09. The first-order chi connectivity index (χ1) is 3.83. The van der Waals surface area contributed by atoms with Crippen LogP contribution in [0.3, 0.4) is 0 Å². The molecule has 0 aromatic carbocycles. The summed E-state index contributed by atoms with van der Waals surface area (Å²) in [5.74, 6) is 0. The lowest BCUT2D eigenvalue weighted by atomic mass is 9.67. The highest BCUT2D eigenvalue weighted by atomic mass is 14.6. The molecule has 0 radical (unpaired) electrons. The minimum atomic E-state index is 0.583. The molecule has 1 aliphatic carbocycles. The van der Waals surface area contributed by atoms with Gasteiger partial charge >= 0.3 is 0 Å². The molecule has 0 bridgehead atoms. The lowest BCUT2D eigenvalue weighted by Crippen LogP contribution is -2.36. The average molecular weight is 113 g/mol. The van der Waals surface area contributed by atoms with Crippen molar-refractivity contribution in [2.45, 2.75) is 32.6 Å². The predicted octanol–water partition coefficient (Wildman–Crippen LogP) is 1.53. The van der Waals surface area contributed by atoms with E-state index in [0.29, 0.717) is 5.41 Å². The van der Waals surface area contributed by atoms with Crippen molar-refractivity contribution in [2.75, 3.05) is 6.54 Å². The van der Waals surface area contributed by atoms with E-state index in [9.17, 15) is 0 Å². The molecule has 0 spiro atoms. The highest BCUT2D eigenvalue weighted by Gasteiger charge is 2.32. The molecule has 0 atom stereocenters. The summed E-state index contributed by atoms with van der Waals surface area (Å²) >= 11 is 0. The molecule has 1 rings (SSSR count). The van der Waals surface area contributed by atoms with Crippen LogP contribution in [-0.2, 0) is 0 Å². The maximum atomic E-state index is 5.58. The fourth-order valence-corrected chi connectivity index (χ4v) is 1.38. The Morgan fingerprint density at radius 3 is 2.12 bits per heavy atom. The van der Waals surface area contributed by atoms with Crippen LogP contribution in [0.5, 0.6) is 0 Å². The molecule has 0 amide bonds. The molecule has 1 fully saturated rings. The van der Waals surface area contributed by atoms with Crippen molar-refractivity contribution < 1.29 is 0 Å². The van der Waals surface area contributed by atoms with Crippen LogP contribution in [-0.4, -0.2) is 6.54 Å². The predicted molar refractivity (Wildman–Crippen MR) is 35.6 cm³/mol. The summed E-state index contributed by atoms with van der Waals surface area (Å²) in [5, 5.41) is 0. The van der Waals surface area contributed by atoms with Crippen LogP contribution in [0.4, 0.5) is 0 Å². The Hall–Kier alpha value is -0.0400.